The fraction of sp³-hybridized carbons (Fsp3) is 0.600. The van der Waals surface area contributed by atoms with Gasteiger partial charge in [-0.2, -0.15) is 0 Å². The Morgan fingerprint density at radius 1 is 1.12 bits per heavy atom. The van der Waals surface area contributed by atoms with E-state index in [9.17, 15) is 9.59 Å². The fourth-order valence-electron chi connectivity index (χ4n) is 2.94. The maximum absolute atomic E-state index is 12.1. The van der Waals surface area contributed by atoms with E-state index < -0.39 is 0 Å². The number of rotatable bonds is 1. The smallest absolute Gasteiger partial charge is 0.165 e. The number of hydrogen-bond acceptors (Lipinski definition) is 2. The molecule has 2 heteroatoms. The highest BCUT2D eigenvalue weighted by atomic mass is 16.1. The Bertz CT molecular complexity index is 401. The number of ketones is 2. The number of carbonyl (C=O) groups is 2. The summed E-state index contributed by atoms with van der Waals surface area (Å²) < 4.78 is 0. The maximum atomic E-state index is 12.1. The molecule has 2 aliphatic rings. The molecule has 0 radical (unpaired) electrons. The summed E-state index contributed by atoms with van der Waals surface area (Å²) in [7, 11) is 0. The summed E-state index contributed by atoms with van der Waals surface area (Å²) in [5.41, 5.74) is 2.70. The lowest BCUT2D eigenvalue weighted by molar-refractivity contribution is -0.119. The Labute approximate surface area is 103 Å². The monoisotopic (exact) mass is 232 g/mol. The lowest BCUT2D eigenvalue weighted by Gasteiger charge is -2.26. The highest BCUT2D eigenvalue weighted by Crippen LogP contribution is 2.34. The molecule has 0 spiro atoms. The first-order valence-electron chi connectivity index (χ1n) is 6.56. The predicted octanol–water partition coefficient (Wildman–Crippen LogP) is 3.37. The molecule has 1 atom stereocenters. The first kappa shape index (κ1) is 12.3. The average molecular weight is 232 g/mol. The van der Waals surface area contributed by atoms with E-state index >= 15 is 0 Å². The highest BCUT2D eigenvalue weighted by molar-refractivity contribution is 6.02. The van der Waals surface area contributed by atoms with E-state index in [1.165, 1.54) is 0 Å². The van der Waals surface area contributed by atoms with Crippen LogP contribution >= 0.6 is 0 Å². The Hall–Kier alpha value is -1.18. The molecule has 0 aromatic rings. The van der Waals surface area contributed by atoms with Crippen molar-refractivity contribution in [2.24, 2.45) is 5.92 Å². The number of Topliss-reactive ketones (excluding diaryl/α,β-unsaturated/α-hetero) is 2. The van der Waals surface area contributed by atoms with Gasteiger partial charge in [-0.25, -0.2) is 0 Å². The van der Waals surface area contributed by atoms with Crippen LogP contribution in [-0.4, -0.2) is 11.6 Å². The van der Waals surface area contributed by atoms with Gasteiger partial charge in [0.2, 0.25) is 0 Å². The number of allylic oxidation sites excluding steroid dienone is 3. The van der Waals surface area contributed by atoms with Gasteiger partial charge in [-0.1, -0.05) is 12.2 Å². The standard InChI is InChI=1S/C15H20O2/c1-10-6-5-8-13(15(10)17)11(2)12-7-3-4-9-14(12)16/h13H,1,3-9H2,2H3/b12-11+. The van der Waals surface area contributed by atoms with Gasteiger partial charge in [0, 0.05) is 12.3 Å². The molecule has 0 aliphatic heterocycles. The molecule has 0 aromatic heterocycles. The third-order valence-electron chi connectivity index (χ3n) is 4.05. The van der Waals surface area contributed by atoms with Crippen LogP contribution in [0.3, 0.4) is 0 Å². The molecule has 1 unspecified atom stereocenters. The Morgan fingerprint density at radius 2 is 1.82 bits per heavy atom. The molecule has 0 heterocycles. The molecule has 0 aromatic carbocycles. The van der Waals surface area contributed by atoms with Gasteiger partial charge in [0.1, 0.15) is 0 Å². The zero-order valence-corrected chi connectivity index (χ0v) is 10.6. The molecule has 0 bridgehead atoms. The second-order valence-corrected chi connectivity index (χ2v) is 5.20. The summed E-state index contributed by atoms with van der Waals surface area (Å²) in [6.45, 7) is 5.81. The normalized spacial score (nSPS) is 29.5. The van der Waals surface area contributed by atoms with Crippen LogP contribution < -0.4 is 0 Å². The SMILES string of the molecule is C=C1CCCC(/C(C)=C2\CCCCC2=O)C1=O. The molecule has 2 nitrogen and oxygen atoms in total. The van der Waals surface area contributed by atoms with E-state index in [1.807, 2.05) is 6.92 Å². The van der Waals surface area contributed by atoms with Gasteiger partial charge in [0.15, 0.2) is 11.6 Å². The summed E-state index contributed by atoms with van der Waals surface area (Å²) >= 11 is 0. The molecule has 0 saturated heterocycles. The van der Waals surface area contributed by atoms with Gasteiger partial charge in [-0.05, 0) is 56.6 Å². The number of hydrogen-bond donors (Lipinski definition) is 0. The van der Waals surface area contributed by atoms with Crippen molar-refractivity contribution in [2.45, 2.75) is 51.9 Å². The van der Waals surface area contributed by atoms with Crippen molar-refractivity contribution in [3.8, 4) is 0 Å². The lowest BCUT2D eigenvalue weighted by Crippen LogP contribution is -2.24. The zero-order chi connectivity index (χ0) is 12.4. The minimum Gasteiger partial charge on any atom is -0.295 e. The van der Waals surface area contributed by atoms with E-state index in [2.05, 4.69) is 6.58 Å². The Kier molecular flexibility index (Phi) is 3.60. The van der Waals surface area contributed by atoms with Crippen molar-refractivity contribution in [1.82, 2.24) is 0 Å². The van der Waals surface area contributed by atoms with E-state index in [4.69, 9.17) is 0 Å². The molecular formula is C15H20O2. The maximum Gasteiger partial charge on any atom is 0.165 e. The second kappa shape index (κ2) is 4.99. The second-order valence-electron chi connectivity index (χ2n) is 5.20. The van der Waals surface area contributed by atoms with Crippen LogP contribution in [0.4, 0.5) is 0 Å². The van der Waals surface area contributed by atoms with Crippen molar-refractivity contribution in [3.63, 3.8) is 0 Å². The van der Waals surface area contributed by atoms with Crippen LogP contribution in [-0.2, 0) is 9.59 Å². The fourth-order valence-corrected chi connectivity index (χ4v) is 2.94. The van der Waals surface area contributed by atoms with E-state index in [0.717, 1.165) is 55.2 Å². The van der Waals surface area contributed by atoms with Crippen molar-refractivity contribution in [3.05, 3.63) is 23.3 Å². The van der Waals surface area contributed by atoms with Gasteiger partial charge < -0.3 is 0 Å². The molecule has 2 fully saturated rings. The first-order valence-corrected chi connectivity index (χ1v) is 6.56. The molecule has 0 N–H and O–H groups in total. The van der Waals surface area contributed by atoms with Crippen LogP contribution in [0.15, 0.2) is 23.3 Å². The van der Waals surface area contributed by atoms with Crippen LogP contribution in [0.2, 0.25) is 0 Å². The summed E-state index contributed by atoms with van der Waals surface area (Å²) in [5, 5.41) is 0. The van der Waals surface area contributed by atoms with Crippen LogP contribution in [0.5, 0.6) is 0 Å². The molecule has 2 aliphatic carbocycles. The van der Waals surface area contributed by atoms with Gasteiger partial charge in [-0.3, -0.25) is 9.59 Å². The van der Waals surface area contributed by atoms with E-state index in [1.54, 1.807) is 0 Å². The molecule has 0 amide bonds. The van der Waals surface area contributed by atoms with E-state index in [-0.39, 0.29) is 17.5 Å². The third-order valence-corrected chi connectivity index (χ3v) is 4.05. The summed E-state index contributed by atoms with van der Waals surface area (Å²) in [5.74, 6) is 0.366. The average Bonchev–Trinajstić information content (AvgIpc) is 2.32. The summed E-state index contributed by atoms with van der Waals surface area (Å²) in [6.07, 6.45) is 6.34. The van der Waals surface area contributed by atoms with Crippen LogP contribution in [0, 0.1) is 5.92 Å². The van der Waals surface area contributed by atoms with E-state index in [0.29, 0.717) is 6.42 Å². The third kappa shape index (κ3) is 2.41. The molecule has 92 valence electrons. The Balaban J connectivity index is 2.25. The lowest BCUT2D eigenvalue weighted by atomic mass is 9.77. The molecule has 2 saturated carbocycles. The highest BCUT2D eigenvalue weighted by Gasteiger charge is 2.29. The van der Waals surface area contributed by atoms with Crippen LogP contribution in [0.25, 0.3) is 0 Å². The zero-order valence-electron chi connectivity index (χ0n) is 10.6. The largest absolute Gasteiger partial charge is 0.295 e. The first-order chi connectivity index (χ1) is 8.11. The molecule has 2 rings (SSSR count). The molecule has 17 heavy (non-hydrogen) atoms. The minimum absolute atomic E-state index is 0.0618. The minimum atomic E-state index is -0.0618. The summed E-state index contributed by atoms with van der Waals surface area (Å²) in [4.78, 5) is 23.9. The molecular weight excluding hydrogens is 212 g/mol. The summed E-state index contributed by atoms with van der Waals surface area (Å²) in [6, 6.07) is 0. The van der Waals surface area contributed by atoms with Gasteiger partial charge in [0.25, 0.3) is 0 Å². The van der Waals surface area contributed by atoms with Crippen molar-refractivity contribution in [1.29, 1.82) is 0 Å². The van der Waals surface area contributed by atoms with Crippen molar-refractivity contribution >= 4 is 11.6 Å². The topological polar surface area (TPSA) is 34.1 Å². The number of carbonyl (C=O) groups excluding carboxylic acids is 2. The predicted molar refractivity (Wildman–Crippen MR) is 67.7 cm³/mol. The van der Waals surface area contributed by atoms with Crippen molar-refractivity contribution < 1.29 is 9.59 Å². The van der Waals surface area contributed by atoms with Gasteiger partial charge in [0.05, 0.1) is 0 Å². The quantitative estimate of drug-likeness (QED) is 0.649. The van der Waals surface area contributed by atoms with Gasteiger partial charge in [-0.15, -0.1) is 0 Å². The Morgan fingerprint density at radius 3 is 2.53 bits per heavy atom. The van der Waals surface area contributed by atoms with Crippen LogP contribution in [0.1, 0.15) is 51.9 Å². The van der Waals surface area contributed by atoms with Gasteiger partial charge >= 0.3 is 0 Å². The van der Waals surface area contributed by atoms with Crippen molar-refractivity contribution in [2.75, 3.05) is 0 Å².